The first kappa shape index (κ1) is 14.5. The summed E-state index contributed by atoms with van der Waals surface area (Å²) in [5.74, 6) is 1.07. The van der Waals surface area contributed by atoms with Crippen molar-refractivity contribution >= 4 is 21.6 Å². The molecule has 0 aliphatic carbocycles. The molecule has 0 spiro atoms. The van der Waals surface area contributed by atoms with Crippen molar-refractivity contribution in [3.8, 4) is 5.75 Å². The van der Waals surface area contributed by atoms with Crippen LogP contribution in [0, 0.1) is 0 Å². The van der Waals surface area contributed by atoms with Crippen molar-refractivity contribution < 1.29 is 4.74 Å². The first-order valence-corrected chi connectivity index (χ1v) is 8.33. The summed E-state index contributed by atoms with van der Waals surface area (Å²) >= 11 is 3.60. The third-order valence-corrected chi connectivity index (χ3v) is 4.29. The molecule has 0 unspecified atom stereocenters. The van der Waals surface area contributed by atoms with Crippen molar-refractivity contribution in [3.05, 3.63) is 57.6 Å². The van der Waals surface area contributed by atoms with Crippen LogP contribution in [0.15, 0.2) is 40.9 Å². The smallest absolute Gasteiger partial charge is 0.127 e. The van der Waals surface area contributed by atoms with E-state index in [1.165, 1.54) is 22.4 Å². The molecule has 1 aliphatic heterocycles. The molecular formula is C18H20BrNO. The van der Waals surface area contributed by atoms with Gasteiger partial charge in [0.05, 0.1) is 6.61 Å². The van der Waals surface area contributed by atoms with E-state index in [0.29, 0.717) is 0 Å². The molecule has 21 heavy (non-hydrogen) atoms. The van der Waals surface area contributed by atoms with Gasteiger partial charge < -0.3 is 10.1 Å². The SMILES string of the molecule is CCCc1ccccc1NCc1cc(Br)cc2c1OCC2. The molecule has 0 radical (unpaired) electrons. The van der Waals surface area contributed by atoms with Crippen LogP contribution in [0.25, 0.3) is 0 Å². The number of para-hydroxylation sites is 1. The van der Waals surface area contributed by atoms with Gasteiger partial charge in [-0.05, 0) is 35.7 Å². The van der Waals surface area contributed by atoms with Gasteiger partial charge in [0, 0.05) is 28.7 Å². The molecular weight excluding hydrogens is 326 g/mol. The summed E-state index contributed by atoms with van der Waals surface area (Å²) in [6.45, 7) is 3.81. The standard InChI is InChI=1S/C18H20BrNO/c1-2-5-13-6-3-4-7-17(13)20-12-15-11-16(19)10-14-8-9-21-18(14)15/h3-4,6-7,10-11,20H,2,5,8-9,12H2,1H3. The largest absolute Gasteiger partial charge is 0.493 e. The number of benzene rings is 2. The number of ether oxygens (including phenoxy) is 1. The average Bonchev–Trinajstić information content (AvgIpc) is 2.94. The maximum atomic E-state index is 5.79. The average molecular weight is 346 g/mol. The second kappa shape index (κ2) is 6.52. The van der Waals surface area contributed by atoms with Gasteiger partial charge in [0.1, 0.15) is 5.75 Å². The maximum absolute atomic E-state index is 5.79. The number of fused-ring (bicyclic) bond motifs is 1. The zero-order chi connectivity index (χ0) is 14.7. The second-order valence-corrected chi connectivity index (χ2v) is 6.33. The first-order valence-electron chi connectivity index (χ1n) is 7.54. The fraction of sp³-hybridized carbons (Fsp3) is 0.333. The van der Waals surface area contributed by atoms with Gasteiger partial charge >= 0.3 is 0 Å². The van der Waals surface area contributed by atoms with Gasteiger partial charge in [-0.25, -0.2) is 0 Å². The van der Waals surface area contributed by atoms with Gasteiger partial charge in [-0.15, -0.1) is 0 Å². The van der Waals surface area contributed by atoms with E-state index in [0.717, 1.165) is 42.6 Å². The molecule has 2 aromatic carbocycles. The predicted molar refractivity (Wildman–Crippen MR) is 91.1 cm³/mol. The molecule has 0 saturated carbocycles. The van der Waals surface area contributed by atoms with Crippen LogP contribution in [-0.4, -0.2) is 6.61 Å². The van der Waals surface area contributed by atoms with Gasteiger partial charge in [-0.3, -0.25) is 0 Å². The van der Waals surface area contributed by atoms with Gasteiger partial charge in [0.15, 0.2) is 0 Å². The molecule has 2 aromatic rings. The van der Waals surface area contributed by atoms with Crippen molar-refractivity contribution in [2.75, 3.05) is 11.9 Å². The van der Waals surface area contributed by atoms with Crippen LogP contribution in [-0.2, 0) is 19.4 Å². The molecule has 3 heteroatoms. The van der Waals surface area contributed by atoms with Gasteiger partial charge in [-0.2, -0.15) is 0 Å². The van der Waals surface area contributed by atoms with Crippen LogP contribution in [0.3, 0.4) is 0 Å². The van der Waals surface area contributed by atoms with E-state index < -0.39 is 0 Å². The minimum atomic E-state index is 0.794. The third-order valence-electron chi connectivity index (χ3n) is 3.83. The van der Waals surface area contributed by atoms with Gasteiger partial charge in [0.2, 0.25) is 0 Å². The highest BCUT2D eigenvalue weighted by atomic mass is 79.9. The highest BCUT2D eigenvalue weighted by molar-refractivity contribution is 9.10. The summed E-state index contributed by atoms with van der Waals surface area (Å²) in [5, 5.41) is 3.57. The lowest BCUT2D eigenvalue weighted by Gasteiger charge is -2.14. The molecule has 1 heterocycles. The molecule has 0 bridgehead atoms. The molecule has 110 valence electrons. The Morgan fingerprint density at radius 2 is 2.05 bits per heavy atom. The fourth-order valence-corrected chi connectivity index (χ4v) is 3.40. The summed E-state index contributed by atoms with van der Waals surface area (Å²) in [6, 6.07) is 12.9. The topological polar surface area (TPSA) is 21.3 Å². The summed E-state index contributed by atoms with van der Waals surface area (Å²) in [7, 11) is 0. The molecule has 0 atom stereocenters. The second-order valence-electron chi connectivity index (χ2n) is 5.41. The lowest BCUT2D eigenvalue weighted by Crippen LogP contribution is -2.04. The van der Waals surface area contributed by atoms with Gasteiger partial charge in [0.25, 0.3) is 0 Å². The van der Waals surface area contributed by atoms with Crippen molar-refractivity contribution in [1.82, 2.24) is 0 Å². The van der Waals surface area contributed by atoms with Crippen LogP contribution in [0.4, 0.5) is 5.69 Å². The maximum Gasteiger partial charge on any atom is 0.127 e. The van der Waals surface area contributed by atoms with E-state index in [-0.39, 0.29) is 0 Å². The van der Waals surface area contributed by atoms with E-state index in [1.54, 1.807) is 0 Å². The molecule has 0 aromatic heterocycles. The molecule has 3 rings (SSSR count). The molecule has 0 saturated heterocycles. The number of nitrogens with one attached hydrogen (secondary N) is 1. The number of halogens is 1. The Balaban J connectivity index is 1.80. The molecule has 0 fully saturated rings. The van der Waals surface area contributed by atoms with Crippen LogP contribution >= 0.6 is 15.9 Å². The number of hydrogen-bond acceptors (Lipinski definition) is 2. The van der Waals surface area contributed by atoms with Gasteiger partial charge in [-0.1, -0.05) is 47.5 Å². The van der Waals surface area contributed by atoms with E-state index >= 15 is 0 Å². The normalized spacial score (nSPS) is 12.9. The van der Waals surface area contributed by atoms with Crippen LogP contribution in [0.1, 0.15) is 30.0 Å². The molecule has 1 N–H and O–H groups in total. The minimum Gasteiger partial charge on any atom is -0.493 e. The van der Waals surface area contributed by atoms with Crippen molar-refractivity contribution in [1.29, 1.82) is 0 Å². The molecule has 2 nitrogen and oxygen atoms in total. The minimum absolute atomic E-state index is 0.794. The summed E-state index contributed by atoms with van der Waals surface area (Å²) in [4.78, 5) is 0. The van der Waals surface area contributed by atoms with Crippen molar-refractivity contribution in [3.63, 3.8) is 0 Å². The Kier molecular flexibility index (Phi) is 4.49. The monoisotopic (exact) mass is 345 g/mol. The van der Waals surface area contributed by atoms with Crippen molar-refractivity contribution in [2.24, 2.45) is 0 Å². The van der Waals surface area contributed by atoms with E-state index in [1.807, 2.05) is 0 Å². The highest BCUT2D eigenvalue weighted by Crippen LogP contribution is 2.33. The van der Waals surface area contributed by atoms with Crippen LogP contribution in [0.2, 0.25) is 0 Å². The Morgan fingerprint density at radius 3 is 2.90 bits per heavy atom. The summed E-state index contributed by atoms with van der Waals surface area (Å²) < 4.78 is 6.92. The van der Waals surface area contributed by atoms with Crippen molar-refractivity contribution in [2.45, 2.75) is 32.7 Å². The zero-order valence-electron chi connectivity index (χ0n) is 12.3. The Labute approximate surface area is 134 Å². The quantitative estimate of drug-likeness (QED) is 0.827. The fourth-order valence-electron chi connectivity index (χ4n) is 2.85. The number of rotatable bonds is 5. The Hall–Kier alpha value is -1.48. The predicted octanol–water partition coefficient (Wildman–Crippen LogP) is 4.95. The lowest BCUT2D eigenvalue weighted by atomic mass is 10.1. The zero-order valence-corrected chi connectivity index (χ0v) is 13.9. The number of hydrogen-bond donors (Lipinski definition) is 1. The third kappa shape index (κ3) is 3.24. The van der Waals surface area contributed by atoms with E-state index in [2.05, 4.69) is 64.6 Å². The lowest BCUT2D eigenvalue weighted by molar-refractivity contribution is 0.354. The Bertz CT molecular complexity index is 639. The van der Waals surface area contributed by atoms with E-state index in [9.17, 15) is 0 Å². The van der Waals surface area contributed by atoms with Crippen LogP contribution < -0.4 is 10.1 Å². The number of anilines is 1. The summed E-state index contributed by atoms with van der Waals surface area (Å²) in [6.07, 6.45) is 3.28. The number of aryl methyl sites for hydroxylation is 1. The molecule has 0 amide bonds. The first-order chi connectivity index (χ1) is 10.3. The Morgan fingerprint density at radius 1 is 1.19 bits per heavy atom. The highest BCUT2D eigenvalue weighted by Gasteiger charge is 2.17. The summed E-state index contributed by atoms with van der Waals surface area (Å²) in [5.41, 5.74) is 5.14. The molecule has 1 aliphatic rings. The van der Waals surface area contributed by atoms with E-state index in [4.69, 9.17) is 4.74 Å². The van der Waals surface area contributed by atoms with Crippen LogP contribution in [0.5, 0.6) is 5.75 Å².